The lowest BCUT2D eigenvalue weighted by Gasteiger charge is -2.33. The summed E-state index contributed by atoms with van der Waals surface area (Å²) in [6.07, 6.45) is 2.90. The molecule has 0 aromatic carbocycles. The third kappa shape index (κ3) is 1.81. The van der Waals surface area contributed by atoms with E-state index >= 15 is 0 Å². The molecule has 2 unspecified atom stereocenters. The van der Waals surface area contributed by atoms with Gasteiger partial charge in [-0.25, -0.2) is 0 Å². The number of hydrogen-bond donors (Lipinski definition) is 0. The fraction of sp³-hybridized carbons (Fsp3) is 1.00. The summed E-state index contributed by atoms with van der Waals surface area (Å²) in [5, 5.41) is 0. The van der Waals surface area contributed by atoms with E-state index in [2.05, 4.69) is 13.5 Å². The average molecular weight is 160 g/mol. The summed E-state index contributed by atoms with van der Waals surface area (Å²) in [5.41, 5.74) is 0. The molecule has 0 N–H and O–H groups in total. The van der Waals surface area contributed by atoms with E-state index in [4.69, 9.17) is 8.85 Å². The van der Waals surface area contributed by atoms with Gasteiger partial charge in [-0.1, -0.05) is 0 Å². The molecule has 1 saturated heterocycles. The first-order valence-corrected chi connectivity index (χ1v) is 6.41. The predicted octanol–water partition coefficient (Wildman–Crippen LogP) is 1.90. The molecular weight excluding hydrogens is 144 g/mol. The summed E-state index contributed by atoms with van der Waals surface area (Å²) in [4.78, 5) is 0. The van der Waals surface area contributed by atoms with Gasteiger partial charge >= 0.3 is 8.56 Å². The molecule has 2 atom stereocenters. The summed E-state index contributed by atoms with van der Waals surface area (Å²) in [6.45, 7) is 4.27. The van der Waals surface area contributed by atoms with Crippen LogP contribution in [0, 0.1) is 0 Å². The third-order valence-corrected chi connectivity index (χ3v) is 5.15. The molecule has 1 aliphatic heterocycles. The first-order valence-electron chi connectivity index (χ1n) is 3.89. The lowest BCUT2D eigenvalue weighted by Crippen LogP contribution is -2.43. The van der Waals surface area contributed by atoms with Gasteiger partial charge in [0.2, 0.25) is 0 Å². The highest BCUT2D eigenvalue weighted by molar-refractivity contribution is 6.66. The zero-order valence-electron chi connectivity index (χ0n) is 7.02. The quantitative estimate of drug-likeness (QED) is 0.545. The van der Waals surface area contributed by atoms with Gasteiger partial charge in [0, 0.05) is 13.2 Å². The van der Waals surface area contributed by atoms with Crippen LogP contribution < -0.4 is 0 Å². The molecule has 10 heavy (non-hydrogen) atoms. The molecule has 0 bridgehead atoms. The van der Waals surface area contributed by atoms with Crippen molar-refractivity contribution in [2.45, 2.75) is 38.5 Å². The highest BCUT2D eigenvalue weighted by Crippen LogP contribution is 2.25. The van der Waals surface area contributed by atoms with E-state index in [1.807, 2.05) is 0 Å². The minimum Gasteiger partial charge on any atom is -0.398 e. The molecule has 0 amide bonds. The Labute approximate surface area is 63.8 Å². The fourth-order valence-corrected chi connectivity index (χ4v) is 3.64. The van der Waals surface area contributed by atoms with Crippen LogP contribution in [0.5, 0.6) is 0 Å². The fourth-order valence-electron chi connectivity index (χ4n) is 1.40. The maximum absolute atomic E-state index is 5.74. The van der Waals surface area contributed by atoms with Crippen molar-refractivity contribution >= 4 is 8.56 Å². The Kier molecular flexibility index (Phi) is 2.49. The second-order valence-electron chi connectivity index (χ2n) is 3.16. The largest absolute Gasteiger partial charge is 0.398 e. The van der Waals surface area contributed by atoms with Crippen molar-refractivity contribution in [1.82, 2.24) is 0 Å². The Morgan fingerprint density at radius 3 is 2.70 bits per heavy atom. The Morgan fingerprint density at radius 1 is 1.60 bits per heavy atom. The van der Waals surface area contributed by atoms with E-state index in [1.54, 1.807) is 7.11 Å². The van der Waals surface area contributed by atoms with Crippen LogP contribution >= 0.6 is 0 Å². The van der Waals surface area contributed by atoms with Crippen LogP contribution in [-0.2, 0) is 8.85 Å². The predicted molar refractivity (Wildman–Crippen MR) is 43.2 cm³/mol. The molecule has 0 spiro atoms. The van der Waals surface area contributed by atoms with Crippen molar-refractivity contribution in [3.63, 3.8) is 0 Å². The minimum atomic E-state index is -1.67. The highest BCUT2D eigenvalue weighted by Gasteiger charge is 2.35. The van der Waals surface area contributed by atoms with Gasteiger partial charge < -0.3 is 8.85 Å². The summed E-state index contributed by atoms with van der Waals surface area (Å²) in [7, 11) is 0.0945. The molecule has 1 heterocycles. The summed E-state index contributed by atoms with van der Waals surface area (Å²) in [6, 6.07) is 1.16. The Morgan fingerprint density at radius 2 is 2.30 bits per heavy atom. The van der Waals surface area contributed by atoms with E-state index in [1.165, 1.54) is 12.8 Å². The molecule has 0 aliphatic carbocycles. The molecule has 60 valence electrons. The first kappa shape index (κ1) is 8.24. The normalized spacial score (nSPS) is 41.7. The van der Waals surface area contributed by atoms with Gasteiger partial charge in [-0.3, -0.25) is 0 Å². The molecule has 0 aromatic rings. The van der Waals surface area contributed by atoms with Gasteiger partial charge in [-0.05, 0) is 32.4 Å². The zero-order valence-corrected chi connectivity index (χ0v) is 8.02. The van der Waals surface area contributed by atoms with E-state index in [0.717, 1.165) is 6.04 Å². The average Bonchev–Trinajstić information content (AvgIpc) is 1.88. The van der Waals surface area contributed by atoms with E-state index in [0.29, 0.717) is 6.10 Å². The summed E-state index contributed by atoms with van der Waals surface area (Å²) < 4.78 is 11.1. The van der Waals surface area contributed by atoms with Gasteiger partial charge in [0.05, 0.1) is 0 Å². The number of hydrogen-bond acceptors (Lipinski definition) is 2. The first-order chi connectivity index (χ1) is 4.66. The van der Waals surface area contributed by atoms with Gasteiger partial charge in [0.1, 0.15) is 0 Å². The SMILES string of the molecule is CO[Si]1(C)CCCC(C)O1. The Balaban J connectivity index is 2.45. The van der Waals surface area contributed by atoms with Gasteiger partial charge in [-0.2, -0.15) is 0 Å². The van der Waals surface area contributed by atoms with Crippen LogP contribution in [0.15, 0.2) is 0 Å². The summed E-state index contributed by atoms with van der Waals surface area (Å²) in [5.74, 6) is 0. The molecule has 1 aliphatic rings. The van der Waals surface area contributed by atoms with Crippen LogP contribution in [0.1, 0.15) is 19.8 Å². The van der Waals surface area contributed by atoms with Gasteiger partial charge in [0.25, 0.3) is 0 Å². The van der Waals surface area contributed by atoms with Crippen molar-refractivity contribution in [1.29, 1.82) is 0 Å². The van der Waals surface area contributed by atoms with Gasteiger partial charge in [-0.15, -0.1) is 0 Å². The smallest absolute Gasteiger partial charge is 0.334 e. The van der Waals surface area contributed by atoms with Crippen LogP contribution in [0.25, 0.3) is 0 Å². The van der Waals surface area contributed by atoms with Crippen LogP contribution in [0.2, 0.25) is 12.6 Å². The van der Waals surface area contributed by atoms with Crippen LogP contribution in [0.4, 0.5) is 0 Å². The Bertz CT molecular complexity index is 118. The lowest BCUT2D eigenvalue weighted by atomic mass is 10.2. The summed E-state index contributed by atoms with van der Waals surface area (Å²) >= 11 is 0. The van der Waals surface area contributed by atoms with Crippen molar-refractivity contribution < 1.29 is 8.85 Å². The van der Waals surface area contributed by atoms with Crippen molar-refractivity contribution in [3.8, 4) is 0 Å². The molecule has 3 heteroatoms. The molecule has 1 fully saturated rings. The second-order valence-corrected chi connectivity index (χ2v) is 6.57. The zero-order chi connectivity index (χ0) is 7.61. The molecular formula is C7H16O2Si. The third-order valence-electron chi connectivity index (χ3n) is 2.12. The monoisotopic (exact) mass is 160 g/mol. The topological polar surface area (TPSA) is 18.5 Å². The van der Waals surface area contributed by atoms with Crippen molar-refractivity contribution in [3.05, 3.63) is 0 Å². The van der Waals surface area contributed by atoms with Crippen molar-refractivity contribution in [2.75, 3.05) is 7.11 Å². The van der Waals surface area contributed by atoms with E-state index in [-0.39, 0.29) is 0 Å². The maximum atomic E-state index is 5.74. The molecule has 0 radical (unpaired) electrons. The highest BCUT2D eigenvalue weighted by atomic mass is 28.4. The molecule has 0 saturated carbocycles. The lowest BCUT2D eigenvalue weighted by molar-refractivity contribution is 0.118. The van der Waals surface area contributed by atoms with Gasteiger partial charge in [0.15, 0.2) is 0 Å². The van der Waals surface area contributed by atoms with E-state index in [9.17, 15) is 0 Å². The number of rotatable bonds is 1. The minimum absolute atomic E-state index is 0.422. The second kappa shape index (κ2) is 3.03. The molecule has 0 aromatic heterocycles. The van der Waals surface area contributed by atoms with Crippen molar-refractivity contribution in [2.24, 2.45) is 0 Å². The van der Waals surface area contributed by atoms with Crippen LogP contribution in [-0.4, -0.2) is 21.8 Å². The molecule has 2 nitrogen and oxygen atoms in total. The van der Waals surface area contributed by atoms with E-state index < -0.39 is 8.56 Å². The maximum Gasteiger partial charge on any atom is 0.334 e. The standard InChI is InChI=1S/C7H16O2Si/c1-7-5-4-6-10(3,8-2)9-7/h7H,4-6H2,1-3H3. The molecule has 1 rings (SSSR count). The Hall–Kier alpha value is 0.137. The van der Waals surface area contributed by atoms with Crippen LogP contribution in [0.3, 0.4) is 0 Å².